The second kappa shape index (κ2) is 36.1. The number of carbonyl (C=O) groups excluding carboxylic acids is 4. The number of aliphatic carboxylic acids is 4. The van der Waals surface area contributed by atoms with Crippen LogP contribution in [0, 0.1) is 0 Å². The molecule has 0 amide bonds. The van der Waals surface area contributed by atoms with Crippen molar-refractivity contribution in [3.8, 4) is 0 Å². The van der Waals surface area contributed by atoms with Gasteiger partial charge in [-0.25, -0.2) is 0 Å². The second-order valence-electron chi connectivity index (χ2n) is 1.15. The Morgan fingerprint density at radius 1 is 0.526 bits per heavy atom. The fourth-order valence-corrected chi connectivity index (χ4v) is 0. The molecule has 0 saturated heterocycles. The summed E-state index contributed by atoms with van der Waals surface area (Å²) in [4.78, 5) is 35.7. The topological polar surface area (TPSA) is 304 Å². The van der Waals surface area contributed by atoms with E-state index < -0.39 is 23.9 Å². The molecule has 0 spiro atoms. The molecule has 0 aromatic rings. The molecule has 0 heterocycles. The van der Waals surface area contributed by atoms with Crippen molar-refractivity contribution in [2.24, 2.45) is 0 Å². The fraction of sp³-hybridized carbons (Fsp3) is 0. The van der Waals surface area contributed by atoms with Gasteiger partial charge in [0.15, 0.2) is 0 Å². The van der Waals surface area contributed by atoms with E-state index in [0.717, 1.165) is 20.4 Å². The van der Waals surface area contributed by atoms with Crippen LogP contribution in [0.4, 0.5) is 0 Å². The summed E-state index contributed by atoms with van der Waals surface area (Å²) >= 11 is 0.750. The van der Waals surface area contributed by atoms with Crippen molar-refractivity contribution in [3.05, 3.63) is 0 Å². The van der Waals surface area contributed by atoms with Gasteiger partial charge in [0, 0.05) is 0 Å². The first-order chi connectivity index (χ1) is 6.29. The van der Waals surface area contributed by atoms with Crippen molar-refractivity contribution in [2.45, 2.75) is 0 Å². The summed E-state index contributed by atoms with van der Waals surface area (Å²) in [5.74, 6) is -8.74. The quantitative estimate of drug-likeness (QED) is 0.250. The Labute approximate surface area is 156 Å². The molecule has 0 aliphatic carbocycles. The molecule has 0 aromatic carbocycles. The molecule has 0 saturated carbocycles. The normalized spacial score (nSPS) is 4.95. The monoisotopic (exact) mass is 450 g/mol. The first kappa shape index (κ1) is 51.1. The van der Waals surface area contributed by atoms with E-state index in [1.165, 1.54) is 0 Å². The van der Waals surface area contributed by atoms with Crippen LogP contribution in [-0.2, 0) is 42.9 Å². The minimum atomic E-state index is -2.19. The van der Waals surface area contributed by atoms with Crippen LogP contribution in [0.25, 0.3) is 0 Å². The number of carboxylic acid groups (broad SMARTS) is 4. The van der Waals surface area contributed by atoms with E-state index in [4.69, 9.17) is 42.9 Å². The van der Waals surface area contributed by atoms with E-state index in [1.807, 2.05) is 0 Å². The Balaban J connectivity index is -0.0000000152. The number of carboxylic acids is 4. The Kier molecular flexibility index (Phi) is 97.0. The second-order valence-corrected chi connectivity index (χ2v) is 1.15. The van der Waals surface area contributed by atoms with Gasteiger partial charge in [-0.05, 0) is 0 Å². The predicted octanol–water partition coefficient (Wildman–Crippen LogP) is -10.8. The van der Waals surface area contributed by atoms with Gasteiger partial charge in [0.25, 0.3) is 0 Å². The molecule has 0 bridgehead atoms. The maximum absolute atomic E-state index is 8.93. The third kappa shape index (κ3) is 73.0. The standard InChI is InChI=1S/2C2H2O4.Ba.4H2O.O.Ti/c2*3-1(4)2(5)6;;;;;;;/h2*(H,3,4)(H,5,6);;4*1H2;;/q;;+2;;;;;;+2/p-4. The van der Waals surface area contributed by atoms with Crippen LogP contribution >= 0.6 is 0 Å². The number of hydrogen-bond acceptors (Lipinski definition) is 9. The average Bonchev–Trinajstić information content (AvgIpc) is 2.08. The van der Waals surface area contributed by atoms with E-state index in [1.54, 1.807) is 0 Å². The van der Waals surface area contributed by atoms with Gasteiger partial charge in [0.05, 0.1) is 23.9 Å². The van der Waals surface area contributed by atoms with Crippen LogP contribution in [0.1, 0.15) is 0 Å². The van der Waals surface area contributed by atoms with Crippen molar-refractivity contribution >= 4 is 72.8 Å². The molecular weight excluding hydrogens is 441 g/mol. The first-order valence-corrected chi connectivity index (χ1v) is 2.97. The Hall–Kier alpha value is -0.194. The summed E-state index contributed by atoms with van der Waals surface area (Å²) in [6.07, 6.45) is 0. The molecule has 0 aromatic heterocycles. The zero-order valence-corrected chi connectivity index (χ0v) is 14.9. The molecule has 108 valence electrons. The molecule has 0 atom stereocenters. The molecular formula is C4H8BaO13Ti. The molecule has 0 aliphatic heterocycles. The Bertz CT molecular complexity index is 193. The molecule has 0 radical (unpaired) electrons. The minimum absolute atomic E-state index is 0. The van der Waals surface area contributed by atoms with Gasteiger partial charge < -0.3 is 61.5 Å². The van der Waals surface area contributed by atoms with E-state index in [0.29, 0.717) is 0 Å². The Morgan fingerprint density at radius 3 is 0.579 bits per heavy atom. The third-order valence-electron chi connectivity index (χ3n) is 0.333. The number of rotatable bonds is 0. The predicted molar refractivity (Wildman–Crippen MR) is 40.9 cm³/mol. The van der Waals surface area contributed by atoms with Gasteiger partial charge in [0.1, 0.15) is 0 Å². The van der Waals surface area contributed by atoms with Crippen molar-refractivity contribution in [2.75, 3.05) is 0 Å². The van der Waals surface area contributed by atoms with E-state index in [2.05, 4.69) is 0 Å². The average molecular weight is 449 g/mol. The number of hydrogen-bond donors (Lipinski definition) is 0. The van der Waals surface area contributed by atoms with Crippen molar-refractivity contribution in [1.29, 1.82) is 0 Å². The summed E-state index contributed by atoms with van der Waals surface area (Å²) < 4.78 is 8.25. The van der Waals surface area contributed by atoms with Gasteiger partial charge in [-0.3, -0.25) is 0 Å². The van der Waals surface area contributed by atoms with Crippen LogP contribution in [0.2, 0.25) is 0 Å². The zero-order valence-electron chi connectivity index (χ0n) is 8.88. The van der Waals surface area contributed by atoms with E-state index >= 15 is 0 Å². The van der Waals surface area contributed by atoms with Crippen LogP contribution in [0.15, 0.2) is 0 Å². The molecule has 8 N–H and O–H groups in total. The molecule has 0 unspecified atom stereocenters. The molecule has 0 fully saturated rings. The van der Waals surface area contributed by atoms with Crippen molar-refractivity contribution < 1.29 is 85.2 Å². The van der Waals surface area contributed by atoms with Gasteiger partial charge in [-0.15, -0.1) is 0 Å². The maximum atomic E-state index is 8.93. The zero-order chi connectivity index (χ0) is 12.3. The summed E-state index contributed by atoms with van der Waals surface area (Å²) in [6, 6.07) is 0. The number of carbonyl (C=O) groups is 4. The first-order valence-electron chi connectivity index (χ1n) is 2.34. The molecule has 0 aliphatic rings. The third-order valence-corrected chi connectivity index (χ3v) is 0.333. The summed E-state index contributed by atoms with van der Waals surface area (Å²) in [6.45, 7) is 0. The van der Waals surface area contributed by atoms with Crippen LogP contribution in [0.5, 0.6) is 0 Å². The van der Waals surface area contributed by atoms with Crippen LogP contribution in [-0.4, -0.2) is 94.7 Å². The molecule has 13 nitrogen and oxygen atoms in total. The molecule has 0 rings (SSSR count). The molecule has 19 heavy (non-hydrogen) atoms. The van der Waals surface area contributed by atoms with Crippen molar-refractivity contribution in [1.82, 2.24) is 0 Å². The Morgan fingerprint density at radius 2 is 0.579 bits per heavy atom. The summed E-state index contributed by atoms with van der Waals surface area (Å²) in [5, 5.41) is 35.7. The van der Waals surface area contributed by atoms with Gasteiger partial charge >= 0.3 is 72.6 Å². The molecule has 15 heteroatoms. The van der Waals surface area contributed by atoms with Crippen LogP contribution in [0.3, 0.4) is 0 Å². The summed E-state index contributed by atoms with van der Waals surface area (Å²) in [7, 11) is 0. The summed E-state index contributed by atoms with van der Waals surface area (Å²) in [5.41, 5.74) is 0. The van der Waals surface area contributed by atoms with E-state index in [9.17, 15) is 0 Å². The van der Waals surface area contributed by atoms with Gasteiger partial charge in [-0.1, -0.05) is 0 Å². The fourth-order valence-electron chi connectivity index (χ4n) is 0. The van der Waals surface area contributed by atoms with Crippen LogP contribution < -0.4 is 20.4 Å². The van der Waals surface area contributed by atoms with Gasteiger partial charge in [0.2, 0.25) is 0 Å². The van der Waals surface area contributed by atoms with E-state index in [-0.39, 0.29) is 70.8 Å². The SMILES string of the molecule is O.O.O.O.O=C([O-])C(=O)[O-].O=C([O-])C(=O)[O-].[Ba+2].[O]=[Ti+2]. The van der Waals surface area contributed by atoms with Gasteiger partial charge in [-0.2, -0.15) is 0 Å². The van der Waals surface area contributed by atoms with Crippen molar-refractivity contribution in [3.63, 3.8) is 0 Å².